The third kappa shape index (κ3) is 5.83. The number of rotatable bonds is 7. The number of likely N-dealkylation sites (tertiary alicyclic amines) is 1. The van der Waals surface area contributed by atoms with Crippen LogP contribution in [0.3, 0.4) is 0 Å². The number of piperidine rings is 1. The van der Waals surface area contributed by atoms with Gasteiger partial charge in [-0.05, 0) is 49.4 Å². The van der Waals surface area contributed by atoms with Gasteiger partial charge in [0.25, 0.3) is 5.91 Å². The van der Waals surface area contributed by atoms with E-state index in [9.17, 15) is 4.79 Å². The molecule has 0 spiro atoms. The zero-order chi connectivity index (χ0) is 19.1. The van der Waals surface area contributed by atoms with Crippen molar-refractivity contribution in [2.45, 2.75) is 51.7 Å². The van der Waals surface area contributed by atoms with E-state index in [2.05, 4.69) is 54.4 Å². The summed E-state index contributed by atoms with van der Waals surface area (Å²) in [6.45, 7) is 6.41. The fourth-order valence-electron chi connectivity index (χ4n) is 3.64. The minimum Gasteiger partial charge on any atom is -0.484 e. The first-order valence-electron chi connectivity index (χ1n) is 9.93. The lowest BCUT2D eigenvalue weighted by Gasteiger charge is -2.38. The van der Waals surface area contributed by atoms with Crippen molar-refractivity contribution in [3.8, 4) is 5.75 Å². The Bertz CT molecular complexity index is 715. The third-order valence-corrected chi connectivity index (χ3v) is 5.31. The third-order valence-electron chi connectivity index (χ3n) is 5.31. The molecule has 0 aromatic heterocycles. The molecule has 144 valence electrons. The van der Waals surface area contributed by atoms with Gasteiger partial charge in [0, 0.05) is 25.2 Å². The van der Waals surface area contributed by atoms with Gasteiger partial charge in [0.1, 0.15) is 5.75 Å². The molecular weight excluding hydrogens is 336 g/mol. The van der Waals surface area contributed by atoms with Gasteiger partial charge < -0.3 is 10.1 Å². The van der Waals surface area contributed by atoms with Crippen molar-refractivity contribution in [1.82, 2.24) is 10.2 Å². The van der Waals surface area contributed by atoms with Gasteiger partial charge in [0.15, 0.2) is 6.61 Å². The maximum atomic E-state index is 12.2. The molecule has 1 amide bonds. The molecule has 4 heteroatoms. The van der Waals surface area contributed by atoms with Crippen molar-refractivity contribution in [3.63, 3.8) is 0 Å². The molecule has 1 aliphatic rings. The molecule has 1 aliphatic heterocycles. The van der Waals surface area contributed by atoms with E-state index in [0.29, 0.717) is 6.04 Å². The van der Waals surface area contributed by atoms with Crippen LogP contribution in [0.4, 0.5) is 0 Å². The van der Waals surface area contributed by atoms with Crippen LogP contribution in [-0.2, 0) is 17.8 Å². The molecule has 1 fully saturated rings. The Morgan fingerprint density at radius 1 is 1.11 bits per heavy atom. The Morgan fingerprint density at radius 2 is 1.85 bits per heavy atom. The predicted octanol–water partition coefficient (Wildman–Crippen LogP) is 3.80. The zero-order valence-electron chi connectivity index (χ0n) is 16.4. The standard InChI is InChI=1S/C23H30N2O2/c1-3-19-9-11-22(12-10-19)27-17-23(26)24-21-13-14-25(18(2)15-21)16-20-7-5-4-6-8-20/h4-12,18,21H,3,13-17H2,1-2H3,(H,24,26)/t18-,21-/m0/s1. The van der Waals surface area contributed by atoms with Crippen molar-refractivity contribution >= 4 is 5.91 Å². The molecular formula is C23H30N2O2. The Hall–Kier alpha value is -2.33. The number of nitrogens with zero attached hydrogens (tertiary/aromatic N) is 1. The number of hydrogen-bond acceptors (Lipinski definition) is 3. The minimum absolute atomic E-state index is 0.0386. The highest BCUT2D eigenvalue weighted by atomic mass is 16.5. The van der Waals surface area contributed by atoms with Crippen LogP contribution in [-0.4, -0.2) is 36.0 Å². The summed E-state index contributed by atoms with van der Waals surface area (Å²) < 4.78 is 5.61. The molecule has 1 saturated heterocycles. The van der Waals surface area contributed by atoms with Gasteiger partial charge in [0.05, 0.1) is 0 Å². The number of carbonyl (C=O) groups is 1. The van der Waals surface area contributed by atoms with Crippen LogP contribution >= 0.6 is 0 Å². The van der Waals surface area contributed by atoms with Crippen molar-refractivity contribution < 1.29 is 9.53 Å². The quantitative estimate of drug-likeness (QED) is 0.810. The molecule has 2 atom stereocenters. The molecule has 1 heterocycles. The molecule has 3 rings (SSSR count). The highest BCUT2D eigenvalue weighted by molar-refractivity contribution is 5.77. The van der Waals surface area contributed by atoms with Crippen molar-refractivity contribution in [2.24, 2.45) is 0 Å². The molecule has 0 unspecified atom stereocenters. The molecule has 0 saturated carbocycles. The summed E-state index contributed by atoms with van der Waals surface area (Å²) in [6, 6.07) is 19.2. The maximum Gasteiger partial charge on any atom is 0.258 e. The first-order valence-corrected chi connectivity index (χ1v) is 9.93. The predicted molar refractivity (Wildman–Crippen MR) is 109 cm³/mol. The first-order chi connectivity index (χ1) is 13.1. The van der Waals surface area contributed by atoms with Gasteiger partial charge in [0.2, 0.25) is 0 Å². The normalized spacial score (nSPS) is 20.2. The molecule has 4 nitrogen and oxygen atoms in total. The lowest BCUT2D eigenvalue weighted by Crippen LogP contribution is -2.49. The zero-order valence-corrected chi connectivity index (χ0v) is 16.4. The molecule has 2 aromatic rings. The number of ether oxygens (including phenoxy) is 1. The fraction of sp³-hybridized carbons (Fsp3) is 0.435. The highest BCUT2D eigenvalue weighted by Crippen LogP contribution is 2.20. The number of hydrogen-bond donors (Lipinski definition) is 1. The highest BCUT2D eigenvalue weighted by Gasteiger charge is 2.26. The van der Waals surface area contributed by atoms with E-state index in [4.69, 9.17) is 4.74 Å². The Kier molecular flexibility index (Phi) is 6.88. The van der Waals surface area contributed by atoms with E-state index in [1.165, 1.54) is 11.1 Å². The first kappa shape index (κ1) is 19.4. The Balaban J connectivity index is 1.41. The van der Waals surface area contributed by atoms with E-state index < -0.39 is 0 Å². The van der Waals surface area contributed by atoms with Crippen LogP contribution in [0.15, 0.2) is 54.6 Å². The average molecular weight is 367 g/mol. The second-order valence-corrected chi connectivity index (χ2v) is 7.38. The summed E-state index contributed by atoms with van der Waals surface area (Å²) in [4.78, 5) is 14.7. The second kappa shape index (κ2) is 9.56. The number of amides is 1. The molecule has 1 N–H and O–H groups in total. The topological polar surface area (TPSA) is 41.6 Å². The van der Waals surface area contributed by atoms with Crippen LogP contribution in [0, 0.1) is 0 Å². The number of benzene rings is 2. The van der Waals surface area contributed by atoms with Crippen molar-refractivity contribution in [2.75, 3.05) is 13.2 Å². The SMILES string of the molecule is CCc1ccc(OCC(=O)N[C@H]2CCN(Cc3ccccc3)[C@@H](C)C2)cc1. The second-order valence-electron chi connectivity index (χ2n) is 7.38. The smallest absolute Gasteiger partial charge is 0.258 e. The van der Waals surface area contributed by atoms with Gasteiger partial charge in [-0.3, -0.25) is 9.69 Å². The van der Waals surface area contributed by atoms with Gasteiger partial charge in [-0.25, -0.2) is 0 Å². The summed E-state index contributed by atoms with van der Waals surface area (Å²) in [7, 11) is 0. The van der Waals surface area contributed by atoms with E-state index in [1.54, 1.807) is 0 Å². The lowest BCUT2D eigenvalue weighted by molar-refractivity contribution is -0.124. The van der Waals surface area contributed by atoms with E-state index in [1.807, 2.05) is 24.3 Å². The van der Waals surface area contributed by atoms with Crippen LogP contribution in [0.2, 0.25) is 0 Å². The van der Waals surface area contributed by atoms with E-state index in [-0.39, 0.29) is 18.6 Å². The van der Waals surface area contributed by atoms with E-state index >= 15 is 0 Å². The van der Waals surface area contributed by atoms with Gasteiger partial charge in [-0.2, -0.15) is 0 Å². The minimum atomic E-state index is -0.0386. The summed E-state index contributed by atoms with van der Waals surface area (Å²) in [5.41, 5.74) is 2.61. The summed E-state index contributed by atoms with van der Waals surface area (Å²) in [5.74, 6) is 0.705. The average Bonchev–Trinajstić information content (AvgIpc) is 2.70. The molecule has 27 heavy (non-hydrogen) atoms. The summed E-state index contributed by atoms with van der Waals surface area (Å²) >= 11 is 0. The molecule has 0 bridgehead atoms. The maximum absolute atomic E-state index is 12.2. The summed E-state index contributed by atoms with van der Waals surface area (Å²) in [5, 5.41) is 3.14. The van der Waals surface area contributed by atoms with Crippen LogP contribution in [0.5, 0.6) is 5.75 Å². The number of carbonyl (C=O) groups excluding carboxylic acids is 1. The lowest BCUT2D eigenvalue weighted by atomic mass is 9.97. The number of aryl methyl sites for hydroxylation is 1. The van der Waals surface area contributed by atoms with E-state index in [0.717, 1.165) is 38.1 Å². The Labute approximate surface area is 162 Å². The monoisotopic (exact) mass is 366 g/mol. The van der Waals surface area contributed by atoms with Gasteiger partial charge in [-0.1, -0.05) is 49.4 Å². The largest absolute Gasteiger partial charge is 0.484 e. The van der Waals surface area contributed by atoms with Gasteiger partial charge in [-0.15, -0.1) is 0 Å². The van der Waals surface area contributed by atoms with Crippen LogP contribution < -0.4 is 10.1 Å². The fourth-order valence-corrected chi connectivity index (χ4v) is 3.64. The van der Waals surface area contributed by atoms with Crippen molar-refractivity contribution in [1.29, 1.82) is 0 Å². The number of nitrogens with one attached hydrogen (secondary N) is 1. The van der Waals surface area contributed by atoms with Gasteiger partial charge >= 0.3 is 0 Å². The van der Waals surface area contributed by atoms with Crippen LogP contribution in [0.25, 0.3) is 0 Å². The molecule has 2 aromatic carbocycles. The molecule has 0 aliphatic carbocycles. The summed E-state index contributed by atoms with van der Waals surface area (Å²) in [6.07, 6.45) is 2.96. The molecule has 0 radical (unpaired) electrons. The van der Waals surface area contributed by atoms with Crippen LogP contribution in [0.1, 0.15) is 37.8 Å². The Morgan fingerprint density at radius 3 is 2.52 bits per heavy atom. The van der Waals surface area contributed by atoms with Crippen molar-refractivity contribution in [3.05, 3.63) is 65.7 Å².